The van der Waals surface area contributed by atoms with Crippen LogP contribution in [0.1, 0.15) is 11.1 Å². The number of nitrogens with two attached hydrogens (primary N) is 1. The molecule has 0 aliphatic rings. The highest BCUT2D eigenvalue weighted by Gasteiger charge is 2.12. The Balaban J connectivity index is 1.66. The number of pyridine rings is 1. The zero-order chi connectivity index (χ0) is 18.8. The number of rotatable bonds is 4. The molecule has 0 aliphatic heterocycles. The Kier molecular flexibility index (Phi) is 4.30. The maximum Gasteiger partial charge on any atom is 0.248 e. The Bertz CT molecular complexity index is 1120. The number of nitrogens with one attached hydrogen (secondary N) is 1. The molecule has 0 radical (unpaired) electrons. The van der Waals surface area contributed by atoms with E-state index >= 15 is 0 Å². The maximum atomic E-state index is 6.26. The number of aromatic nitrogens is 3. The van der Waals surface area contributed by atoms with Crippen LogP contribution in [0.2, 0.25) is 0 Å². The molecule has 0 fully saturated rings. The largest absolute Gasteiger partial charge is 0.437 e. The number of nitrogens with zero attached hydrogens (tertiary/aromatic N) is 3. The number of nitrogen functional groups attached to an aromatic ring is 1. The number of para-hydroxylation sites is 1. The van der Waals surface area contributed by atoms with Crippen LogP contribution in [0.5, 0.6) is 11.6 Å². The summed E-state index contributed by atoms with van der Waals surface area (Å²) in [5.41, 5.74) is 10.6. The molecule has 6 nitrogen and oxygen atoms in total. The van der Waals surface area contributed by atoms with Crippen LogP contribution in [0.3, 0.4) is 0 Å². The van der Waals surface area contributed by atoms with Crippen LogP contribution >= 0.6 is 0 Å². The standard InChI is InChI=1S/C21H19N5O/c1-13-8-9-16(11-14(13)2)27-21-18(22)20(24-12-25-21)26-17-7-3-5-15-6-4-10-23-19(15)17/h3-12H,22H2,1-2H3,(H,24,25,26). The van der Waals surface area contributed by atoms with Crippen molar-refractivity contribution in [2.45, 2.75) is 13.8 Å². The van der Waals surface area contributed by atoms with E-state index in [-0.39, 0.29) is 0 Å². The van der Waals surface area contributed by atoms with Crippen molar-refractivity contribution >= 4 is 28.1 Å². The van der Waals surface area contributed by atoms with Gasteiger partial charge in [-0.15, -0.1) is 0 Å². The minimum absolute atomic E-state index is 0.309. The van der Waals surface area contributed by atoms with Crippen LogP contribution < -0.4 is 15.8 Å². The Labute approximate surface area is 157 Å². The van der Waals surface area contributed by atoms with Crippen molar-refractivity contribution < 1.29 is 4.74 Å². The lowest BCUT2D eigenvalue weighted by Gasteiger charge is -2.13. The number of aryl methyl sites for hydroxylation is 2. The first-order valence-electron chi connectivity index (χ1n) is 8.58. The first kappa shape index (κ1) is 16.8. The topological polar surface area (TPSA) is 86.0 Å². The normalized spacial score (nSPS) is 10.7. The van der Waals surface area contributed by atoms with Gasteiger partial charge in [0, 0.05) is 11.6 Å². The number of hydrogen-bond donors (Lipinski definition) is 2. The molecule has 0 aliphatic carbocycles. The first-order chi connectivity index (χ1) is 13.1. The molecule has 0 saturated carbocycles. The van der Waals surface area contributed by atoms with Crippen molar-refractivity contribution in [1.82, 2.24) is 15.0 Å². The molecular weight excluding hydrogens is 338 g/mol. The van der Waals surface area contributed by atoms with Gasteiger partial charge < -0.3 is 15.8 Å². The number of hydrogen-bond acceptors (Lipinski definition) is 6. The van der Waals surface area contributed by atoms with Gasteiger partial charge in [-0.2, -0.15) is 4.98 Å². The predicted octanol–water partition coefficient (Wildman–Crippen LogP) is 4.76. The van der Waals surface area contributed by atoms with Crippen molar-refractivity contribution in [3.05, 3.63) is 72.2 Å². The second-order valence-electron chi connectivity index (χ2n) is 6.29. The molecule has 0 atom stereocenters. The van der Waals surface area contributed by atoms with Gasteiger partial charge in [-0.25, -0.2) is 4.98 Å². The number of fused-ring (bicyclic) bond motifs is 1. The predicted molar refractivity (Wildman–Crippen MR) is 107 cm³/mol. The quantitative estimate of drug-likeness (QED) is 0.548. The Morgan fingerprint density at radius 1 is 0.926 bits per heavy atom. The fourth-order valence-corrected chi connectivity index (χ4v) is 2.78. The third kappa shape index (κ3) is 3.37. The maximum absolute atomic E-state index is 6.26. The van der Waals surface area contributed by atoms with Gasteiger partial charge in [0.1, 0.15) is 17.8 Å². The van der Waals surface area contributed by atoms with Crippen molar-refractivity contribution in [3.63, 3.8) is 0 Å². The van der Waals surface area contributed by atoms with E-state index < -0.39 is 0 Å². The van der Waals surface area contributed by atoms with Crippen LogP contribution in [0.4, 0.5) is 17.2 Å². The smallest absolute Gasteiger partial charge is 0.248 e. The summed E-state index contributed by atoms with van der Waals surface area (Å²) in [5.74, 6) is 1.47. The van der Waals surface area contributed by atoms with Gasteiger partial charge in [-0.05, 0) is 49.2 Å². The summed E-state index contributed by atoms with van der Waals surface area (Å²) < 4.78 is 5.88. The number of benzene rings is 2. The Morgan fingerprint density at radius 3 is 2.63 bits per heavy atom. The fraction of sp³-hybridized carbons (Fsp3) is 0.0952. The SMILES string of the molecule is Cc1ccc(Oc2ncnc(Nc3cccc4cccnc34)c2N)cc1C. The van der Waals surface area contributed by atoms with E-state index in [1.54, 1.807) is 6.20 Å². The molecule has 27 heavy (non-hydrogen) atoms. The van der Waals surface area contributed by atoms with Crippen LogP contribution in [-0.2, 0) is 0 Å². The average molecular weight is 357 g/mol. The van der Waals surface area contributed by atoms with Crippen molar-refractivity contribution in [2.24, 2.45) is 0 Å². The minimum atomic E-state index is 0.309. The molecule has 134 valence electrons. The summed E-state index contributed by atoms with van der Waals surface area (Å²) in [6, 6.07) is 15.7. The first-order valence-corrected chi connectivity index (χ1v) is 8.58. The second-order valence-corrected chi connectivity index (χ2v) is 6.29. The summed E-state index contributed by atoms with van der Waals surface area (Å²) in [7, 11) is 0. The minimum Gasteiger partial charge on any atom is -0.437 e. The van der Waals surface area contributed by atoms with E-state index in [0.717, 1.165) is 22.2 Å². The van der Waals surface area contributed by atoms with Crippen LogP contribution in [0.25, 0.3) is 10.9 Å². The summed E-state index contributed by atoms with van der Waals surface area (Å²) in [6.07, 6.45) is 3.18. The van der Waals surface area contributed by atoms with E-state index in [0.29, 0.717) is 23.1 Å². The van der Waals surface area contributed by atoms with E-state index in [4.69, 9.17) is 10.5 Å². The number of anilines is 3. The molecule has 6 heteroatoms. The highest BCUT2D eigenvalue weighted by Crippen LogP contribution is 2.33. The molecule has 2 aromatic heterocycles. The van der Waals surface area contributed by atoms with Gasteiger partial charge in [0.05, 0.1) is 11.2 Å². The van der Waals surface area contributed by atoms with E-state index in [2.05, 4.69) is 27.2 Å². The summed E-state index contributed by atoms with van der Waals surface area (Å²) >= 11 is 0. The lowest BCUT2D eigenvalue weighted by Crippen LogP contribution is -2.03. The summed E-state index contributed by atoms with van der Waals surface area (Å²) in [6.45, 7) is 4.09. The molecule has 3 N–H and O–H groups in total. The summed E-state index contributed by atoms with van der Waals surface area (Å²) in [5, 5.41) is 4.27. The molecule has 0 saturated heterocycles. The molecule has 0 unspecified atom stereocenters. The van der Waals surface area contributed by atoms with Crippen LogP contribution in [0, 0.1) is 13.8 Å². The Hall–Kier alpha value is -3.67. The van der Waals surface area contributed by atoms with Gasteiger partial charge in [0.25, 0.3) is 0 Å². The van der Waals surface area contributed by atoms with E-state index in [1.165, 1.54) is 11.9 Å². The van der Waals surface area contributed by atoms with Gasteiger partial charge >= 0.3 is 0 Å². The zero-order valence-electron chi connectivity index (χ0n) is 15.1. The van der Waals surface area contributed by atoms with Gasteiger partial charge in [0.15, 0.2) is 5.82 Å². The molecule has 0 spiro atoms. The molecule has 4 aromatic rings. The molecule has 4 rings (SSSR count). The lowest BCUT2D eigenvalue weighted by atomic mass is 10.1. The van der Waals surface area contributed by atoms with E-state index in [1.807, 2.05) is 55.5 Å². The second kappa shape index (κ2) is 6.92. The van der Waals surface area contributed by atoms with Crippen molar-refractivity contribution in [1.29, 1.82) is 0 Å². The molecule has 2 aromatic carbocycles. The molecule has 0 bridgehead atoms. The summed E-state index contributed by atoms with van der Waals surface area (Å²) in [4.78, 5) is 12.9. The zero-order valence-corrected chi connectivity index (χ0v) is 15.1. The van der Waals surface area contributed by atoms with Gasteiger partial charge in [0.2, 0.25) is 5.88 Å². The van der Waals surface area contributed by atoms with Gasteiger partial charge in [-0.1, -0.05) is 24.3 Å². The highest BCUT2D eigenvalue weighted by atomic mass is 16.5. The lowest BCUT2D eigenvalue weighted by molar-refractivity contribution is 0.464. The van der Waals surface area contributed by atoms with Crippen LogP contribution in [0.15, 0.2) is 61.1 Å². The molecule has 2 heterocycles. The Morgan fingerprint density at radius 2 is 1.78 bits per heavy atom. The molecular formula is C21H19N5O. The fourth-order valence-electron chi connectivity index (χ4n) is 2.78. The van der Waals surface area contributed by atoms with Crippen molar-refractivity contribution in [3.8, 4) is 11.6 Å². The van der Waals surface area contributed by atoms with Gasteiger partial charge in [-0.3, -0.25) is 4.98 Å². The van der Waals surface area contributed by atoms with Crippen molar-refractivity contribution in [2.75, 3.05) is 11.1 Å². The third-order valence-corrected chi connectivity index (χ3v) is 4.43. The van der Waals surface area contributed by atoms with Crippen LogP contribution in [-0.4, -0.2) is 15.0 Å². The number of ether oxygens (including phenoxy) is 1. The third-order valence-electron chi connectivity index (χ3n) is 4.43. The van der Waals surface area contributed by atoms with E-state index in [9.17, 15) is 0 Å². The average Bonchev–Trinajstić information content (AvgIpc) is 2.68. The molecule has 0 amide bonds. The highest BCUT2D eigenvalue weighted by molar-refractivity contribution is 5.92. The monoisotopic (exact) mass is 357 g/mol.